The van der Waals surface area contributed by atoms with E-state index in [1.165, 1.54) is 11.8 Å². The third-order valence-electron chi connectivity index (χ3n) is 4.84. The third kappa shape index (κ3) is 4.54. The minimum Gasteiger partial charge on any atom is -0.322 e. The zero-order chi connectivity index (χ0) is 19.4. The lowest BCUT2D eigenvalue weighted by molar-refractivity contribution is 0.102. The standard InChI is InChI=1S/C20H24N2O3S2/c1-15-11-13-22(14-12-15)27(24,25)17-9-7-16(8-10-17)21-20(23)18-5-3-4-6-19(18)26-2/h3-10,15H,11-14H2,1-2H3,(H,21,23). The molecule has 1 amide bonds. The van der Waals surface area contributed by atoms with E-state index in [4.69, 9.17) is 0 Å². The zero-order valence-electron chi connectivity index (χ0n) is 15.5. The molecular formula is C20H24N2O3S2. The van der Waals surface area contributed by atoms with Crippen LogP contribution in [-0.4, -0.2) is 38.0 Å². The summed E-state index contributed by atoms with van der Waals surface area (Å²) in [6, 6.07) is 13.8. The van der Waals surface area contributed by atoms with Crippen LogP contribution >= 0.6 is 11.8 Å². The van der Waals surface area contributed by atoms with Crippen molar-refractivity contribution in [1.29, 1.82) is 0 Å². The first-order chi connectivity index (χ1) is 12.9. The summed E-state index contributed by atoms with van der Waals surface area (Å²) in [6.45, 7) is 3.28. The fraction of sp³-hybridized carbons (Fsp3) is 0.350. The lowest BCUT2D eigenvalue weighted by atomic mass is 10.0. The molecule has 0 unspecified atom stereocenters. The SMILES string of the molecule is CSc1ccccc1C(=O)Nc1ccc(S(=O)(=O)N2CCC(C)CC2)cc1. The number of rotatable bonds is 5. The van der Waals surface area contributed by atoms with Crippen LogP contribution in [0.15, 0.2) is 58.3 Å². The van der Waals surface area contributed by atoms with E-state index in [-0.39, 0.29) is 10.8 Å². The third-order valence-corrected chi connectivity index (χ3v) is 7.55. The number of piperidine rings is 1. The number of hydrogen-bond acceptors (Lipinski definition) is 4. The Hall–Kier alpha value is -1.83. The molecule has 1 saturated heterocycles. The monoisotopic (exact) mass is 404 g/mol. The van der Waals surface area contributed by atoms with Gasteiger partial charge in [-0.15, -0.1) is 11.8 Å². The van der Waals surface area contributed by atoms with E-state index in [1.54, 1.807) is 34.6 Å². The Morgan fingerprint density at radius 1 is 1.07 bits per heavy atom. The van der Waals surface area contributed by atoms with Gasteiger partial charge in [0.05, 0.1) is 10.5 Å². The van der Waals surface area contributed by atoms with E-state index in [0.29, 0.717) is 30.3 Å². The van der Waals surface area contributed by atoms with Crippen LogP contribution in [0, 0.1) is 5.92 Å². The number of amides is 1. The molecule has 1 N–H and O–H groups in total. The fourth-order valence-electron chi connectivity index (χ4n) is 3.12. The molecule has 0 atom stereocenters. The highest BCUT2D eigenvalue weighted by atomic mass is 32.2. The molecule has 0 saturated carbocycles. The summed E-state index contributed by atoms with van der Waals surface area (Å²) in [5, 5.41) is 2.84. The van der Waals surface area contributed by atoms with Crippen molar-refractivity contribution in [3.05, 3.63) is 54.1 Å². The van der Waals surface area contributed by atoms with Crippen molar-refractivity contribution in [2.75, 3.05) is 24.7 Å². The maximum Gasteiger partial charge on any atom is 0.256 e. The molecule has 5 nitrogen and oxygen atoms in total. The Kier molecular flexibility index (Phi) is 6.24. The lowest BCUT2D eigenvalue weighted by Crippen LogP contribution is -2.37. The topological polar surface area (TPSA) is 66.5 Å². The summed E-state index contributed by atoms with van der Waals surface area (Å²) in [5.74, 6) is 0.360. The van der Waals surface area contributed by atoms with Gasteiger partial charge in [-0.25, -0.2) is 8.42 Å². The molecule has 0 radical (unpaired) electrons. The number of hydrogen-bond donors (Lipinski definition) is 1. The summed E-state index contributed by atoms with van der Waals surface area (Å²) < 4.78 is 27.1. The number of anilines is 1. The molecule has 0 aliphatic carbocycles. The van der Waals surface area contributed by atoms with Crippen molar-refractivity contribution in [2.24, 2.45) is 5.92 Å². The molecule has 0 aromatic heterocycles. The number of benzene rings is 2. The minimum atomic E-state index is -3.48. The minimum absolute atomic E-state index is 0.208. The van der Waals surface area contributed by atoms with Gasteiger partial charge in [0.2, 0.25) is 10.0 Å². The van der Waals surface area contributed by atoms with Gasteiger partial charge >= 0.3 is 0 Å². The second-order valence-corrected chi connectivity index (χ2v) is 9.55. The van der Waals surface area contributed by atoms with Gasteiger partial charge in [-0.05, 0) is 61.4 Å². The van der Waals surface area contributed by atoms with Crippen molar-refractivity contribution in [1.82, 2.24) is 4.31 Å². The quantitative estimate of drug-likeness (QED) is 0.763. The Labute approximate surface area is 165 Å². The Morgan fingerprint density at radius 3 is 2.33 bits per heavy atom. The molecule has 2 aromatic carbocycles. The average Bonchev–Trinajstić information content (AvgIpc) is 2.68. The van der Waals surface area contributed by atoms with E-state index >= 15 is 0 Å². The second-order valence-electron chi connectivity index (χ2n) is 6.77. The molecule has 144 valence electrons. The van der Waals surface area contributed by atoms with Crippen molar-refractivity contribution in [2.45, 2.75) is 29.6 Å². The molecule has 7 heteroatoms. The number of sulfonamides is 1. The first-order valence-corrected chi connectivity index (χ1v) is 11.6. The second kappa shape index (κ2) is 8.46. The van der Waals surface area contributed by atoms with Crippen LogP contribution in [0.5, 0.6) is 0 Å². The number of nitrogens with one attached hydrogen (secondary N) is 1. The van der Waals surface area contributed by atoms with E-state index in [0.717, 1.165) is 17.7 Å². The predicted octanol–water partition coefficient (Wildman–Crippen LogP) is 4.08. The molecule has 1 fully saturated rings. The summed E-state index contributed by atoms with van der Waals surface area (Å²) in [4.78, 5) is 13.7. The van der Waals surface area contributed by atoms with Gasteiger partial charge in [-0.1, -0.05) is 19.1 Å². The van der Waals surface area contributed by atoms with Gasteiger partial charge in [0, 0.05) is 23.7 Å². The highest BCUT2D eigenvalue weighted by molar-refractivity contribution is 7.98. The summed E-state index contributed by atoms with van der Waals surface area (Å²) in [5.41, 5.74) is 1.17. The predicted molar refractivity (Wildman–Crippen MR) is 110 cm³/mol. The number of carbonyl (C=O) groups is 1. The summed E-state index contributed by atoms with van der Waals surface area (Å²) in [6.07, 6.45) is 3.71. The van der Waals surface area contributed by atoms with Gasteiger partial charge < -0.3 is 5.32 Å². The molecule has 3 rings (SSSR count). The highest BCUT2D eigenvalue weighted by Gasteiger charge is 2.27. The van der Waals surface area contributed by atoms with Crippen LogP contribution in [-0.2, 0) is 10.0 Å². The van der Waals surface area contributed by atoms with Crippen LogP contribution < -0.4 is 5.32 Å². The van der Waals surface area contributed by atoms with Gasteiger partial charge in [-0.2, -0.15) is 4.31 Å². The Balaban J connectivity index is 1.72. The Bertz CT molecular complexity index is 903. The Morgan fingerprint density at radius 2 is 1.70 bits per heavy atom. The van der Waals surface area contributed by atoms with Crippen molar-refractivity contribution in [3.8, 4) is 0 Å². The molecule has 0 spiro atoms. The average molecular weight is 405 g/mol. The van der Waals surface area contributed by atoms with Crippen molar-refractivity contribution >= 4 is 33.4 Å². The zero-order valence-corrected chi connectivity index (χ0v) is 17.1. The molecule has 27 heavy (non-hydrogen) atoms. The normalized spacial score (nSPS) is 16.2. The van der Waals surface area contributed by atoms with E-state index < -0.39 is 10.0 Å². The van der Waals surface area contributed by atoms with E-state index in [9.17, 15) is 13.2 Å². The number of carbonyl (C=O) groups excluding carboxylic acids is 1. The van der Waals surface area contributed by atoms with E-state index in [1.807, 2.05) is 24.5 Å². The highest BCUT2D eigenvalue weighted by Crippen LogP contribution is 2.25. The summed E-state index contributed by atoms with van der Waals surface area (Å²) in [7, 11) is -3.48. The maximum atomic E-state index is 12.8. The van der Waals surface area contributed by atoms with Gasteiger partial charge in [0.15, 0.2) is 0 Å². The first-order valence-electron chi connectivity index (χ1n) is 8.96. The maximum absolute atomic E-state index is 12.8. The van der Waals surface area contributed by atoms with Crippen LogP contribution in [0.2, 0.25) is 0 Å². The van der Waals surface area contributed by atoms with Gasteiger partial charge in [0.1, 0.15) is 0 Å². The lowest BCUT2D eigenvalue weighted by Gasteiger charge is -2.29. The fourth-order valence-corrected chi connectivity index (χ4v) is 5.18. The summed E-state index contributed by atoms with van der Waals surface area (Å²) >= 11 is 1.51. The first kappa shape index (κ1) is 19.9. The van der Waals surface area contributed by atoms with Crippen LogP contribution in [0.3, 0.4) is 0 Å². The molecule has 1 aliphatic heterocycles. The van der Waals surface area contributed by atoms with Crippen molar-refractivity contribution in [3.63, 3.8) is 0 Å². The molecular weight excluding hydrogens is 380 g/mol. The van der Waals surface area contributed by atoms with Crippen molar-refractivity contribution < 1.29 is 13.2 Å². The molecule has 1 heterocycles. The largest absolute Gasteiger partial charge is 0.322 e. The van der Waals surface area contributed by atoms with Gasteiger partial charge in [-0.3, -0.25) is 4.79 Å². The van der Waals surface area contributed by atoms with Crippen LogP contribution in [0.25, 0.3) is 0 Å². The van der Waals surface area contributed by atoms with Crippen LogP contribution in [0.1, 0.15) is 30.1 Å². The van der Waals surface area contributed by atoms with E-state index in [2.05, 4.69) is 12.2 Å². The smallest absolute Gasteiger partial charge is 0.256 e. The van der Waals surface area contributed by atoms with Gasteiger partial charge in [0.25, 0.3) is 5.91 Å². The molecule has 1 aliphatic rings. The molecule has 2 aromatic rings. The number of thioether (sulfide) groups is 1. The van der Waals surface area contributed by atoms with Crippen LogP contribution in [0.4, 0.5) is 5.69 Å². The number of nitrogens with zero attached hydrogens (tertiary/aromatic N) is 1. The molecule has 0 bridgehead atoms.